The van der Waals surface area contributed by atoms with Gasteiger partial charge < -0.3 is 15.4 Å². The molecule has 8 heteroatoms. The van der Waals surface area contributed by atoms with Crippen molar-refractivity contribution >= 4 is 55.9 Å². The van der Waals surface area contributed by atoms with Crippen molar-refractivity contribution in [2.45, 2.75) is 11.3 Å². The molecule has 0 atom stereocenters. The lowest BCUT2D eigenvalue weighted by atomic mass is 10.1. The summed E-state index contributed by atoms with van der Waals surface area (Å²) in [6.45, 7) is 0. The first kappa shape index (κ1) is 21.9. The number of rotatable bonds is 8. The summed E-state index contributed by atoms with van der Waals surface area (Å²) in [7, 11) is 1.62. The van der Waals surface area contributed by atoms with Gasteiger partial charge in [0.05, 0.1) is 29.5 Å². The number of thiazole rings is 1. The molecule has 162 valence electrons. The van der Waals surface area contributed by atoms with E-state index in [-0.39, 0.29) is 17.6 Å². The molecule has 3 aromatic carbocycles. The normalized spacial score (nSPS) is 10.7. The fourth-order valence-corrected chi connectivity index (χ4v) is 4.62. The summed E-state index contributed by atoms with van der Waals surface area (Å²) in [5, 5.41) is 6.31. The van der Waals surface area contributed by atoms with Crippen molar-refractivity contribution in [1.82, 2.24) is 4.98 Å². The standard InChI is InChI=1S/C24H21N3O3S2/c1-30-18-9-12-20-21(14-18)32-24(26-20)27-23(29)15-31-19-10-7-17(8-11-19)25-22(28)13-16-5-3-2-4-6-16/h2-12,14H,13,15H2,1H3,(H,25,28)(H,26,27,29). The Balaban J connectivity index is 1.26. The van der Waals surface area contributed by atoms with Crippen molar-refractivity contribution in [3.05, 3.63) is 78.4 Å². The Labute approximate surface area is 194 Å². The number of benzene rings is 3. The van der Waals surface area contributed by atoms with Crippen LogP contribution in [0.5, 0.6) is 5.75 Å². The van der Waals surface area contributed by atoms with Crippen molar-refractivity contribution in [3.8, 4) is 5.75 Å². The third-order valence-corrected chi connectivity index (χ3v) is 6.50. The zero-order valence-electron chi connectivity index (χ0n) is 17.3. The van der Waals surface area contributed by atoms with Crippen LogP contribution in [0.15, 0.2) is 77.7 Å². The molecule has 4 rings (SSSR count). The van der Waals surface area contributed by atoms with Gasteiger partial charge in [0, 0.05) is 10.6 Å². The largest absolute Gasteiger partial charge is 0.497 e. The molecule has 0 aliphatic carbocycles. The Morgan fingerprint density at radius 2 is 1.75 bits per heavy atom. The average Bonchev–Trinajstić information content (AvgIpc) is 3.20. The predicted molar refractivity (Wildman–Crippen MR) is 131 cm³/mol. The number of aromatic nitrogens is 1. The quantitative estimate of drug-likeness (QED) is 0.350. The Hall–Kier alpha value is -3.36. The van der Waals surface area contributed by atoms with Crippen LogP contribution in [0.1, 0.15) is 5.56 Å². The van der Waals surface area contributed by atoms with Crippen LogP contribution in [0.25, 0.3) is 10.2 Å². The van der Waals surface area contributed by atoms with Crippen LogP contribution in [-0.4, -0.2) is 29.7 Å². The molecule has 6 nitrogen and oxygen atoms in total. The van der Waals surface area contributed by atoms with Crippen LogP contribution < -0.4 is 15.4 Å². The number of methoxy groups -OCH3 is 1. The third kappa shape index (κ3) is 5.87. The van der Waals surface area contributed by atoms with Crippen molar-refractivity contribution in [2.24, 2.45) is 0 Å². The summed E-state index contributed by atoms with van der Waals surface area (Å²) < 4.78 is 6.18. The van der Waals surface area contributed by atoms with Crippen molar-refractivity contribution < 1.29 is 14.3 Å². The lowest BCUT2D eigenvalue weighted by Gasteiger charge is -2.07. The van der Waals surface area contributed by atoms with E-state index in [9.17, 15) is 9.59 Å². The molecule has 0 aliphatic rings. The minimum atomic E-state index is -0.124. The molecule has 0 saturated heterocycles. The van der Waals surface area contributed by atoms with Gasteiger partial charge in [0.15, 0.2) is 5.13 Å². The molecule has 4 aromatic rings. The fraction of sp³-hybridized carbons (Fsp3) is 0.125. The number of hydrogen-bond acceptors (Lipinski definition) is 6. The van der Waals surface area contributed by atoms with Gasteiger partial charge in [-0.1, -0.05) is 41.7 Å². The SMILES string of the molecule is COc1ccc2nc(NC(=O)CSc3ccc(NC(=O)Cc4ccccc4)cc3)sc2c1. The number of fused-ring (bicyclic) bond motifs is 1. The summed E-state index contributed by atoms with van der Waals surface area (Å²) in [4.78, 5) is 29.9. The number of carbonyl (C=O) groups is 2. The second kappa shape index (κ2) is 10.3. The third-order valence-electron chi connectivity index (χ3n) is 4.56. The Kier molecular flexibility index (Phi) is 7.03. The molecule has 0 bridgehead atoms. The maximum atomic E-state index is 12.3. The number of ether oxygens (including phenoxy) is 1. The van der Waals surface area contributed by atoms with Gasteiger partial charge >= 0.3 is 0 Å². The van der Waals surface area contributed by atoms with Gasteiger partial charge in [-0.2, -0.15) is 0 Å². The molecule has 0 fully saturated rings. The molecule has 32 heavy (non-hydrogen) atoms. The van der Waals surface area contributed by atoms with Gasteiger partial charge in [-0.3, -0.25) is 9.59 Å². The molecule has 2 N–H and O–H groups in total. The molecule has 1 heterocycles. The van der Waals surface area contributed by atoms with Gasteiger partial charge in [-0.25, -0.2) is 4.98 Å². The van der Waals surface area contributed by atoms with E-state index in [4.69, 9.17) is 4.74 Å². The molecule has 2 amide bonds. The molecule has 0 spiro atoms. The summed E-state index contributed by atoms with van der Waals surface area (Å²) in [6.07, 6.45) is 0.329. The van der Waals surface area contributed by atoms with Gasteiger partial charge in [0.1, 0.15) is 5.75 Å². The van der Waals surface area contributed by atoms with Crippen molar-refractivity contribution in [2.75, 3.05) is 23.5 Å². The molecule has 0 unspecified atom stereocenters. The monoisotopic (exact) mass is 463 g/mol. The van der Waals surface area contributed by atoms with E-state index in [0.717, 1.165) is 32.1 Å². The predicted octanol–water partition coefficient (Wildman–Crippen LogP) is 5.22. The van der Waals surface area contributed by atoms with Crippen LogP contribution in [0, 0.1) is 0 Å². The Bertz CT molecular complexity index is 1220. The Morgan fingerprint density at radius 3 is 2.50 bits per heavy atom. The fourth-order valence-electron chi connectivity index (χ4n) is 3.01. The maximum absolute atomic E-state index is 12.3. The summed E-state index contributed by atoms with van der Waals surface area (Å²) in [5.41, 5.74) is 2.52. The highest BCUT2D eigenvalue weighted by molar-refractivity contribution is 8.00. The van der Waals surface area contributed by atoms with E-state index in [1.165, 1.54) is 23.1 Å². The maximum Gasteiger partial charge on any atom is 0.236 e. The van der Waals surface area contributed by atoms with E-state index >= 15 is 0 Å². The topological polar surface area (TPSA) is 80.3 Å². The van der Waals surface area contributed by atoms with Crippen LogP contribution in [0.4, 0.5) is 10.8 Å². The molecule has 1 aromatic heterocycles. The number of anilines is 2. The van der Waals surface area contributed by atoms with E-state index in [1.54, 1.807) is 7.11 Å². The number of nitrogens with one attached hydrogen (secondary N) is 2. The highest BCUT2D eigenvalue weighted by Gasteiger charge is 2.10. The number of thioether (sulfide) groups is 1. The number of hydrogen-bond donors (Lipinski definition) is 2. The number of carbonyl (C=O) groups excluding carboxylic acids is 2. The van der Waals surface area contributed by atoms with E-state index in [2.05, 4.69) is 15.6 Å². The molecule has 0 radical (unpaired) electrons. The molecule has 0 saturated carbocycles. The van der Waals surface area contributed by atoms with Gasteiger partial charge in [0.2, 0.25) is 11.8 Å². The van der Waals surface area contributed by atoms with E-state index in [0.29, 0.717) is 11.6 Å². The van der Waals surface area contributed by atoms with Crippen molar-refractivity contribution in [3.63, 3.8) is 0 Å². The minimum Gasteiger partial charge on any atom is -0.497 e. The zero-order valence-corrected chi connectivity index (χ0v) is 19.0. The van der Waals surface area contributed by atoms with Crippen LogP contribution >= 0.6 is 23.1 Å². The van der Waals surface area contributed by atoms with Crippen LogP contribution in [-0.2, 0) is 16.0 Å². The smallest absolute Gasteiger partial charge is 0.236 e. The van der Waals surface area contributed by atoms with Gasteiger partial charge in [-0.15, -0.1) is 11.8 Å². The van der Waals surface area contributed by atoms with Crippen molar-refractivity contribution in [1.29, 1.82) is 0 Å². The molecular weight excluding hydrogens is 442 g/mol. The number of amides is 2. The van der Waals surface area contributed by atoms with Crippen LogP contribution in [0.3, 0.4) is 0 Å². The highest BCUT2D eigenvalue weighted by atomic mass is 32.2. The van der Waals surface area contributed by atoms with E-state index in [1.807, 2.05) is 72.8 Å². The van der Waals surface area contributed by atoms with E-state index < -0.39 is 0 Å². The minimum absolute atomic E-state index is 0.0653. The van der Waals surface area contributed by atoms with Crippen LogP contribution in [0.2, 0.25) is 0 Å². The molecular formula is C24H21N3O3S2. The lowest BCUT2D eigenvalue weighted by Crippen LogP contribution is -2.14. The first-order valence-corrected chi connectivity index (χ1v) is 11.7. The first-order chi connectivity index (χ1) is 15.6. The first-order valence-electron chi connectivity index (χ1n) is 9.90. The highest BCUT2D eigenvalue weighted by Crippen LogP contribution is 2.29. The van der Waals surface area contributed by atoms with Gasteiger partial charge in [-0.05, 0) is 48.0 Å². The summed E-state index contributed by atoms with van der Waals surface area (Å²) in [6, 6.07) is 22.7. The molecule has 0 aliphatic heterocycles. The second-order valence-corrected chi connectivity index (χ2v) is 9.00. The number of nitrogens with zero attached hydrogens (tertiary/aromatic N) is 1. The summed E-state index contributed by atoms with van der Waals surface area (Å²) in [5.74, 6) is 0.832. The lowest BCUT2D eigenvalue weighted by molar-refractivity contribution is -0.115. The average molecular weight is 464 g/mol. The summed E-state index contributed by atoms with van der Waals surface area (Å²) >= 11 is 2.84. The Morgan fingerprint density at radius 1 is 0.969 bits per heavy atom. The van der Waals surface area contributed by atoms with Gasteiger partial charge in [0.25, 0.3) is 0 Å². The zero-order chi connectivity index (χ0) is 22.3. The second-order valence-electron chi connectivity index (χ2n) is 6.92.